The van der Waals surface area contributed by atoms with E-state index in [1.54, 1.807) is 24.3 Å². The molecule has 0 unspecified atom stereocenters. The number of nitrogens with zero attached hydrogens (tertiary/aromatic N) is 2. The molecule has 30 heavy (non-hydrogen) atoms. The molecule has 0 aliphatic carbocycles. The number of anilines is 2. The third kappa shape index (κ3) is 6.82. The largest absolute Gasteiger partial charge is 0.456 e. The molecule has 4 amide bonds. The van der Waals surface area contributed by atoms with Crippen molar-refractivity contribution in [3.63, 3.8) is 0 Å². The van der Waals surface area contributed by atoms with Crippen LogP contribution in [-0.4, -0.2) is 41.0 Å². The van der Waals surface area contributed by atoms with E-state index >= 15 is 0 Å². The Bertz CT molecular complexity index is 897. The Balaban J connectivity index is 1.48. The molecule has 1 aliphatic heterocycles. The number of hydrogen-bond acceptors (Lipinski definition) is 7. The van der Waals surface area contributed by atoms with Crippen LogP contribution in [0.1, 0.15) is 26.2 Å². The second-order valence-electron chi connectivity index (χ2n) is 6.80. The van der Waals surface area contributed by atoms with Crippen molar-refractivity contribution in [1.82, 2.24) is 15.3 Å². The van der Waals surface area contributed by atoms with E-state index in [9.17, 15) is 14.4 Å². The highest BCUT2D eigenvalue weighted by molar-refractivity contribution is 6.00. The minimum absolute atomic E-state index is 0.235. The van der Waals surface area contributed by atoms with E-state index in [2.05, 4.69) is 25.9 Å². The van der Waals surface area contributed by atoms with Gasteiger partial charge in [0.2, 0.25) is 11.8 Å². The van der Waals surface area contributed by atoms with Gasteiger partial charge in [-0.1, -0.05) is 0 Å². The van der Waals surface area contributed by atoms with Crippen LogP contribution in [0.25, 0.3) is 0 Å². The van der Waals surface area contributed by atoms with Crippen LogP contribution < -0.4 is 20.7 Å². The molecule has 2 aromatic heterocycles. The summed E-state index contributed by atoms with van der Waals surface area (Å²) in [5.74, 6) is 1.21. The summed E-state index contributed by atoms with van der Waals surface area (Å²) < 4.78 is 10.9. The first kappa shape index (κ1) is 21.2. The molecule has 0 spiro atoms. The molecule has 1 saturated heterocycles. The average Bonchev–Trinajstić information content (AvgIpc) is 2.70. The predicted octanol–water partition coefficient (Wildman–Crippen LogP) is 2.69. The second kappa shape index (κ2) is 10.3. The average molecular weight is 413 g/mol. The molecule has 0 bridgehead atoms. The van der Waals surface area contributed by atoms with Gasteiger partial charge < -0.3 is 14.8 Å². The van der Waals surface area contributed by atoms with E-state index in [0.29, 0.717) is 37.0 Å². The predicted molar refractivity (Wildman–Crippen MR) is 108 cm³/mol. The number of ether oxygens (including phenoxy) is 2. The fourth-order valence-electron chi connectivity index (χ4n) is 2.91. The summed E-state index contributed by atoms with van der Waals surface area (Å²) in [5, 5.41) is 7.39. The van der Waals surface area contributed by atoms with E-state index in [1.165, 1.54) is 19.3 Å². The number of urea groups is 1. The first-order valence-corrected chi connectivity index (χ1v) is 9.54. The van der Waals surface area contributed by atoms with Crippen molar-refractivity contribution in [3.8, 4) is 11.5 Å². The molecule has 0 atom stereocenters. The summed E-state index contributed by atoms with van der Waals surface area (Å²) in [5.41, 5.74) is 0. The van der Waals surface area contributed by atoms with Crippen molar-refractivity contribution < 1.29 is 23.9 Å². The van der Waals surface area contributed by atoms with Crippen LogP contribution in [0.3, 0.4) is 0 Å². The van der Waals surface area contributed by atoms with Crippen molar-refractivity contribution in [1.29, 1.82) is 0 Å². The molecule has 158 valence electrons. The lowest BCUT2D eigenvalue weighted by molar-refractivity contribution is -0.121. The van der Waals surface area contributed by atoms with Gasteiger partial charge in [-0.25, -0.2) is 14.8 Å². The smallest absolute Gasteiger partial charge is 0.327 e. The molecular weight excluding hydrogens is 390 g/mol. The highest BCUT2D eigenvalue weighted by Gasteiger charge is 2.18. The lowest BCUT2D eigenvalue weighted by Gasteiger charge is -2.21. The maximum absolute atomic E-state index is 12.0. The number of hydrogen-bond donors (Lipinski definition) is 3. The van der Waals surface area contributed by atoms with Gasteiger partial charge in [-0.3, -0.25) is 20.2 Å². The SMILES string of the molecule is CC(=O)Nc1cc(Oc2ccc(NC(=O)NC(=O)CC3CCOCC3)nc2)ccn1. The lowest BCUT2D eigenvalue weighted by Crippen LogP contribution is -2.36. The molecule has 3 heterocycles. The first-order valence-electron chi connectivity index (χ1n) is 9.54. The van der Waals surface area contributed by atoms with Gasteiger partial charge in [-0.05, 0) is 37.0 Å². The van der Waals surface area contributed by atoms with Crippen LogP contribution >= 0.6 is 0 Å². The number of imide groups is 1. The molecule has 1 fully saturated rings. The van der Waals surface area contributed by atoms with Crippen LogP contribution in [0.5, 0.6) is 11.5 Å². The number of aromatic nitrogens is 2. The molecule has 3 rings (SSSR count). The number of rotatable bonds is 6. The lowest BCUT2D eigenvalue weighted by atomic mass is 9.96. The minimum Gasteiger partial charge on any atom is -0.456 e. The number of amides is 4. The summed E-state index contributed by atoms with van der Waals surface area (Å²) in [4.78, 5) is 43.2. The molecule has 0 saturated carbocycles. The Kier molecular flexibility index (Phi) is 7.28. The summed E-state index contributed by atoms with van der Waals surface area (Å²) in [7, 11) is 0. The van der Waals surface area contributed by atoms with Crippen LogP contribution in [0, 0.1) is 5.92 Å². The second-order valence-corrected chi connectivity index (χ2v) is 6.80. The summed E-state index contributed by atoms with van der Waals surface area (Å²) in [6.45, 7) is 2.69. The zero-order valence-corrected chi connectivity index (χ0v) is 16.5. The van der Waals surface area contributed by atoms with Crippen LogP contribution in [0.15, 0.2) is 36.7 Å². The van der Waals surface area contributed by atoms with Crippen molar-refractivity contribution in [2.24, 2.45) is 5.92 Å². The van der Waals surface area contributed by atoms with Crippen molar-refractivity contribution in [3.05, 3.63) is 36.7 Å². The summed E-state index contributed by atoms with van der Waals surface area (Å²) in [6.07, 6.45) is 4.87. The van der Waals surface area contributed by atoms with Crippen molar-refractivity contribution in [2.45, 2.75) is 26.2 Å². The van der Waals surface area contributed by atoms with E-state index in [1.807, 2.05) is 0 Å². The zero-order valence-electron chi connectivity index (χ0n) is 16.5. The van der Waals surface area contributed by atoms with Gasteiger partial charge in [0.05, 0.1) is 6.20 Å². The van der Waals surface area contributed by atoms with Crippen molar-refractivity contribution in [2.75, 3.05) is 23.8 Å². The topological polar surface area (TPSA) is 132 Å². The Morgan fingerprint density at radius 1 is 1.07 bits per heavy atom. The van der Waals surface area contributed by atoms with E-state index in [0.717, 1.165) is 12.8 Å². The van der Waals surface area contributed by atoms with Crippen LogP contribution in [0.4, 0.5) is 16.4 Å². The highest BCUT2D eigenvalue weighted by atomic mass is 16.5. The van der Waals surface area contributed by atoms with E-state index in [-0.39, 0.29) is 23.6 Å². The number of carbonyl (C=O) groups excluding carboxylic acids is 3. The Labute approximate surface area is 173 Å². The molecule has 2 aromatic rings. The van der Waals surface area contributed by atoms with Gasteiger partial charge >= 0.3 is 6.03 Å². The molecule has 10 nitrogen and oxygen atoms in total. The first-order chi connectivity index (χ1) is 14.5. The molecule has 3 N–H and O–H groups in total. The maximum Gasteiger partial charge on any atom is 0.327 e. The Hall–Kier alpha value is -3.53. The molecule has 0 radical (unpaired) electrons. The quantitative estimate of drug-likeness (QED) is 0.663. The third-order valence-electron chi connectivity index (χ3n) is 4.32. The number of nitrogens with one attached hydrogen (secondary N) is 3. The Morgan fingerprint density at radius 2 is 1.87 bits per heavy atom. The normalized spacial score (nSPS) is 13.9. The van der Waals surface area contributed by atoms with Gasteiger partial charge in [0.15, 0.2) is 0 Å². The fraction of sp³-hybridized carbons (Fsp3) is 0.350. The Morgan fingerprint density at radius 3 is 2.57 bits per heavy atom. The fourth-order valence-corrected chi connectivity index (χ4v) is 2.91. The van der Waals surface area contributed by atoms with Gasteiger partial charge in [0.25, 0.3) is 0 Å². The molecule has 1 aliphatic rings. The molecule has 0 aromatic carbocycles. The maximum atomic E-state index is 12.0. The van der Waals surface area contributed by atoms with Crippen LogP contribution in [-0.2, 0) is 14.3 Å². The zero-order chi connectivity index (χ0) is 21.3. The molecule has 10 heteroatoms. The van der Waals surface area contributed by atoms with Crippen LogP contribution in [0.2, 0.25) is 0 Å². The third-order valence-corrected chi connectivity index (χ3v) is 4.32. The standard InChI is InChI=1S/C20H23N5O5/c1-13(26)23-18-11-15(4-7-21-18)30-16-2-3-17(22-12-16)24-20(28)25-19(27)10-14-5-8-29-9-6-14/h2-4,7,11-12,14H,5-6,8-10H2,1H3,(H,21,23,26)(H2,22,24,25,27,28). The summed E-state index contributed by atoms with van der Waals surface area (Å²) in [6, 6.07) is 5.74. The minimum atomic E-state index is -0.637. The highest BCUT2D eigenvalue weighted by Crippen LogP contribution is 2.23. The van der Waals surface area contributed by atoms with Gasteiger partial charge in [-0.2, -0.15) is 0 Å². The van der Waals surface area contributed by atoms with Gasteiger partial charge in [0, 0.05) is 38.8 Å². The monoisotopic (exact) mass is 413 g/mol. The number of carbonyl (C=O) groups is 3. The van der Waals surface area contributed by atoms with Crippen molar-refractivity contribution >= 4 is 29.5 Å². The summed E-state index contributed by atoms with van der Waals surface area (Å²) >= 11 is 0. The van der Waals surface area contributed by atoms with Gasteiger partial charge in [0.1, 0.15) is 23.1 Å². The van der Waals surface area contributed by atoms with Gasteiger partial charge in [-0.15, -0.1) is 0 Å². The number of pyridine rings is 2. The van der Waals surface area contributed by atoms with E-state index < -0.39 is 6.03 Å². The molecular formula is C20H23N5O5. The van der Waals surface area contributed by atoms with E-state index in [4.69, 9.17) is 9.47 Å².